The molecule has 2 N–H and O–H groups in total. The van der Waals surface area contributed by atoms with E-state index in [0.717, 1.165) is 27.9 Å². The molecule has 1 amide bonds. The van der Waals surface area contributed by atoms with Gasteiger partial charge >= 0.3 is 0 Å². The van der Waals surface area contributed by atoms with E-state index in [2.05, 4.69) is 20.6 Å². The van der Waals surface area contributed by atoms with Crippen molar-refractivity contribution in [3.63, 3.8) is 0 Å². The quantitative estimate of drug-likeness (QED) is 0.353. The van der Waals surface area contributed by atoms with Gasteiger partial charge in [-0.05, 0) is 71.6 Å². The number of Topliss-reactive ketones (excluding diaryl/α,β-unsaturated/α-hetero) is 1. The van der Waals surface area contributed by atoms with E-state index in [1.165, 1.54) is 24.3 Å². The highest BCUT2D eigenvalue weighted by Gasteiger charge is 2.46. The van der Waals surface area contributed by atoms with Gasteiger partial charge in [0.15, 0.2) is 5.82 Å². The lowest BCUT2D eigenvalue weighted by Crippen LogP contribution is -2.41. The fourth-order valence-corrected chi connectivity index (χ4v) is 4.80. The highest BCUT2D eigenvalue weighted by atomic mass is 19.1. The zero-order valence-corrected chi connectivity index (χ0v) is 20.2. The molecule has 36 heavy (non-hydrogen) atoms. The Morgan fingerprint density at radius 3 is 2.42 bits per heavy atom. The van der Waals surface area contributed by atoms with Crippen molar-refractivity contribution >= 4 is 23.1 Å². The van der Waals surface area contributed by atoms with E-state index in [9.17, 15) is 14.0 Å². The molecule has 5 rings (SSSR count). The summed E-state index contributed by atoms with van der Waals surface area (Å²) >= 11 is 0. The first-order chi connectivity index (χ1) is 17.3. The van der Waals surface area contributed by atoms with Crippen LogP contribution in [0.4, 0.5) is 15.8 Å². The van der Waals surface area contributed by atoms with Crippen LogP contribution in [0.5, 0.6) is 0 Å². The van der Waals surface area contributed by atoms with Crippen molar-refractivity contribution in [1.82, 2.24) is 9.97 Å². The molecule has 2 heterocycles. The average molecular weight is 481 g/mol. The maximum absolute atomic E-state index is 13.3. The Kier molecular flexibility index (Phi) is 5.84. The van der Waals surface area contributed by atoms with E-state index in [1.807, 2.05) is 57.2 Å². The number of carbonyl (C=O) groups excluding carboxylic acids is 2. The molecule has 0 spiro atoms. The minimum Gasteiger partial charge on any atom is -0.374 e. The fraction of sp³-hybridized carbons (Fsp3) is 0.172. The molecule has 1 unspecified atom stereocenters. The molecule has 0 bridgehead atoms. The third kappa shape index (κ3) is 4.13. The molecule has 7 heteroatoms. The van der Waals surface area contributed by atoms with Gasteiger partial charge in [-0.1, -0.05) is 38.1 Å². The van der Waals surface area contributed by atoms with Gasteiger partial charge in [-0.2, -0.15) is 0 Å². The molecule has 0 fully saturated rings. The molecule has 3 aromatic carbocycles. The Bertz CT molecular complexity index is 1470. The Hall–Kier alpha value is -4.39. The number of amides is 1. The van der Waals surface area contributed by atoms with Crippen LogP contribution in [0.25, 0.3) is 11.1 Å². The zero-order valence-electron chi connectivity index (χ0n) is 20.2. The maximum Gasteiger partial charge on any atom is 0.255 e. The SMILES string of the molecule is Cc1ccc(-c2cccc3c2C(C)(C)C(C(=O)c2ncccn2)N3)cc1C(=O)Nc1ccc(F)cc1. The van der Waals surface area contributed by atoms with Gasteiger partial charge in [-0.3, -0.25) is 9.59 Å². The molecule has 4 aromatic rings. The first-order valence-corrected chi connectivity index (χ1v) is 11.6. The second-order valence-electron chi connectivity index (χ2n) is 9.45. The van der Waals surface area contributed by atoms with Crippen molar-refractivity contribution in [1.29, 1.82) is 0 Å². The smallest absolute Gasteiger partial charge is 0.255 e. The molecule has 180 valence electrons. The second-order valence-corrected chi connectivity index (χ2v) is 9.45. The van der Waals surface area contributed by atoms with Gasteiger partial charge in [-0.15, -0.1) is 0 Å². The fourth-order valence-electron chi connectivity index (χ4n) is 4.80. The van der Waals surface area contributed by atoms with Gasteiger partial charge < -0.3 is 10.6 Å². The Morgan fingerprint density at radius 1 is 0.972 bits per heavy atom. The third-order valence-electron chi connectivity index (χ3n) is 6.67. The van der Waals surface area contributed by atoms with Crippen molar-refractivity contribution in [3.8, 4) is 11.1 Å². The molecule has 6 nitrogen and oxygen atoms in total. The second kappa shape index (κ2) is 9.00. The number of hydrogen-bond acceptors (Lipinski definition) is 5. The highest BCUT2D eigenvalue weighted by Crippen LogP contribution is 2.47. The van der Waals surface area contributed by atoms with Crippen LogP contribution in [-0.2, 0) is 5.41 Å². The van der Waals surface area contributed by atoms with Gasteiger partial charge in [0, 0.05) is 34.7 Å². The topological polar surface area (TPSA) is 84.0 Å². The molecule has 1 atom stereocenters. The minimum atomic E-state index is -0.566. The number of aromatic nitrogens is 2. The Balaban J connectivity index is 1.51. The molecule has 0 saturated heterocycles. The van der Waals surface area contributed by atoms with Crippen molar-refractivity contribution < 1.29 is 14.0 Å². The minimum absolute atomic E-state index is 0.174. The molecule has 1 aliphatic heterocycles. The molecular formula is C29H25FN4O2. The van der Waals surface area contributed by atoms with Crippen LogP contribution >= 0.6 is 0 Å². The molecule has 0 saturated carbocycles. The number of halogens is 1. The molecule has 1 aliphatic rings. The maximum atomic E-state index is 13.3. The summed E-state index contributed by atoms with van der Waals surface area (Å²) in [5.74, 6) is -0.644. The van der Waals surface area contributed by atoms with Crippen LogP contribution in [0.2, 0.25) is 0 Å². The number of ketones is 1. The average Bonchev–Trinajstić information content (AvgIpc) is 3.16. The summed E-state index contributed by atoms with van der Waals surface area (Å²) in [7, 11) is 0. The van der Waals surface area contributed by atoms with Gasteiger partial charge in [0.05, 0.1) is 0 Å². The summed E-state index contributed by atoms with van der Waals surface area (Å²) in [6, 6.07) is 18.4. The van der Waals surface area contributed by atoms with Gasteiger partial charge in [-0.25, -0.2) is 14.4 Å². The van der Waals surface area contributed by atoms with Crippen molar-refractivity contribution in [2.75, 3.05) is 10.6 Å². The lowest BCUT2D eigenvalue weighted by molar-refractivity contribution is 0.0933. The lowest BCUT2D eigenvalue weighted by Gasteiger charge is -2.27. The van der Waals surface area contributed by atoms with E-state index in [4.69, 9.17) is 0 Å². The number of carbonyl (C=O) groups is 2. The van der Waals surface area contributed by atoms with E-state index in [0.29, 0.717) is 11.3 Å². The van der Waals surface area contributed by atoms with Crippen LogP contribution in [0, 0.1) is 12.7 Å². The molecular weight excluding hydrogens is 455 g/mol. The van der Waals surface area contributed by atoms with Crippen molar-refractivity contribution in [3.05, 3.63) is 107 Å². The van der Waals surface area contributed by atoms with Crippen LogP contribution < -0.4 is 10.6 Å². The number of fused-ring (bicyclic) bond motifs is 1. The monoisotopic (exact) mass is 480 g/mol. The summed E-state index contributed by atoms with van der Waals surface area (Å²) in [5.41, 5.74) is 4.94. The number of nitrogens with one attached hydrogen (secondary N) is 2. The Morgan fingerprint density at radius 2 is 1.69 bits per heavy atom. The van der Waals surface area contributed by atoms with E-state index in [1.54, 1.807) is 18.5 Å². The number of aryl methyl sites for hydroxylation is 1. The van der Waals surface area contributed by atoms with E-state index >= 15 is 0 Å². The number of benzene rings is 3. The third-order valence-corrected chi connectivity index (χ3v) is 6.67. The predicted molar refractivity (Wildman–Crippen MR) is 138 cm³/mol. The summed E-state index contributed by atoms with van der Waals surface area (Å²) in [6.07, 6.45) is 3.12. The summed E-state index contributed by atoms with van der Waals surface area (Å²) < 4.78 is 13.3. The summed E-state index contributed by atoms with van der Waals surface area (Å²) in [5, 5.41) is 6.22. The van der Waals surface area contributed by atoms with Crippen LogP contribution in [0.3, 0.4) is 0 Å². The standard InChI is InChI=1S/C29H25FN4O2/c1-17-8-9-18(16-22(17)28(36)33-20-12-10-19(30)11-13-20)21-6-4-7-23-24(21)29(2,3)26(34-23)25(35)27-31-14-5-15-32-27/h4-16,26,34H,1-3H3,(H,33,36). The van der Waals surface area contributed by atoms with Crippen LogP contribution in [-0.4, -0.2) is 27.7 Å². The zero-order chi connectivity index (χ0) is 25.4. The van der Waals surface area contributed by atoms with Crippen molar-refractivity contribution in [2.24, 2.45) is 0 Å². The first kappa shape index (κ1) is 23.4. The van der Waals surface area contributed by atoms with Crippen LogP contribution in [0.15, 0.2) is 79.1 Å². The normalized spacial score (nSPS) is 15.6. The van der Waals surface area contributed by atoms with E-state index in [-0.39, 0.29) is 23.3 Å². The lowest BCUT2D eigenvalue weighted by atomic mass is 9.75. The number of rotatable bonds is 5. The highest BCUT2D eigenvalue weighted by molar-refractivity contribution is 6.06. The van der Waals surface area contributed by atoms with Crippen molar-refractivity contribution in [2.45, 2.75) is 32.2 Å². The van der Waals surface area contributed by atoms with Gasteiger partial charge in [0.1, 0.15) is 11.9 Å². The number of nitrogens with zero attached hydrogens (tertiary/aromatic N) is 2. The number of hydrogen-bond donors (Lipinski definition) is 2. The first-order valence-electron chi connectivity index (χ1n) is 11.6. The Labute approximate surface area is 208 Å². The summed E-state index contributed by atoms with van der Waals surface area (Å²) in [4.78, 5) is 34.7. The van der Waals surface area contributed by atoms with Crippen LogP contribution in [0.1, 0.15) is 46.0 Å². The molecule has 0 radical (unpaired) electrons. The van der Waals surface area contributed by atoms with Gasteiger partial charge in [0.2, 0.25) is 5.78 Å². The summed E-state index contributed by atoms with van der Waals surface area (Å²) in [6.45, 7) is 5.92. The predicted octanol–water partition coefficient (Wildman–Crippen LogP) is 5.80. The molecule has 1 aromatic heterocycles. The van der Waals surface area contributed by atoms with Gasteiger partial charge in [0.25, 0.3) is 5.91 Å². The molecule has 0 aliphatic carbocycles. The largest absolute Gasteiger partial charge is 0.374 e. The number of anilines is 2. The van der Waals surface area contributed by atoms with E-state index < -0.39 is 11.5 Å².